The number of carbonyl (C=O) groups is 1. The molecule has 2 rings (SSSR count). The number of alkyl halides is 3. The van der Waals surface area contributed by atoms with Crippen LogP contribution in [0.3, 0.4) is 0 Å². The van der Waals surface area contributed by atoms with Crippen LogP contribution in [-0.4, -0.2) is 19.1 Å². The van der Waals surface area contributed by atoms with Gasteiger partial charge in [-0.25, -0.2) is 0 Å². The third-order valence-corrected chi connectivity index (χ3v) is 3.01. The van der Waals surface area contributed by atoms with Crippen molar-refractivity contribution in [3.8, 4) is 5.75 Å². The molecule has 0 unspecified atom stereocenters. The van der Waals surface area contributed by atoms with Crippen molar-refractivity contribution in [1.82, 2.24) is 0 Å². The fraction of sp³-hybridized carbons (Fsp3) is 0.357. The number of methoxy groups -OCH3 is 1. The lowest BCUT2D eigenvalue weighted by Crippen LogP contribution is -2.15. The Hall–Kier alpha value is -1.78. The summed E-state index contributed by atoms with van der Waals surface area (Å²) in [5.41, 5.74) is -0.489. The van der Waals surface area contributed by atoms with Crippen molar-refractivity contribution in [2.45, 2.75) is 19.0 Å². The Morgan fingerprint density at radius 1 is 1.26 bits per heavy atom. The molecule has 2 nitrogen and oxygen atoms in total. The van der Waals surface area contributed by atoms with Crippen LogP contribution in [0.4, 0.5) is 13.2 Å². The van der Waals surface area contributed by atoms with Crippen molar-refractivity contribution >= 4 is 5.78 Å². The first-order valence-corrected chi connectivity index (χ1v) is 5.89. The highest BCUT2D eigenvalue weighted by molar-refractivity contribution is 6.05. The van der Waals surface area contributed by atoms with Crippen LogP contribution in [0.25, 0.3) is 0 Å². The molecule has 0 amide bonds. The molecular weight excluding hydrogens is 257 g/mol. The van der Waals surface area contributed by atoms with Crippen molar-refractivity contribution in [3.05, 3.63) is 41.5 Å². The second-order valence-electron chi connectivity index (χ2n) is 4.46. The van der Waals surface area contributed by atoms with E-state index in [0.29, 0.717) is 18.6 Å². The Labute approximate surface area is 108 Å². The van der Waals surface area contributed by atoms with E-state index in [1.54, 1.807) is 12.1 Å². The molecule has 1 aliphatic carbocycles. The minimum Gasteiger partial charge on any atom is -0.497 e. The van der Waals surface area contributed by atoms with Gasteiger partial charge < -0.3 is 4.74 Å². The topological polar surface area (TPSA) is 26.3 Å². The summed E-state index contributed by atoms with van der Waals surface area (Å²) >= 11 is 0. The fourth-order valence-electron chi connectivity index (χ4n) is 1.81. The summed E-state index contributed by atoms with van der Waals surface area (Å²) in [4.78, 5) is 11.8. The van der Waals surface area contributed by atoms with Gasteiger partial charge in [-0.15, -0.1) is 0 Å². The lowest BCUT2D eigenvalue weighted by Gasteiger charge is -2.10. The third-order valence-electron chi connectivity index (χ3n) is 3.01. The first kappa shape index (κ1) is 13.6. The fourth-order valence-corrected chi connectivity index (χ4v) is 1.81. The predicted molar refractivity (Wildman–Crippen MR) is 64.2 cm³/mol. The number of hydrogen-bond acceptors (Lipinski definition) is 2. The van der Waals surface area contributed by atoms with Crippen LogP contribution < -0.4 is 4.74 Å². The van der Waals surface area contributed by atoms with Crippen molar-refractivity contribution in [3.63, 3.8) is 0 Å². The Kier molecular flexibility index (Phi) is 3.64. The van der Waals surface area contributed by atoms with Crippen LogP contribution in [0.15, 0.2) is 35.9 Å². The van der Waals surface area contributed by atoms with Crippen molar-refractivity contribution in [1.29, 1.82) is 0 Å². The Bertz CT molecular complexity index is 496. The zero-order valence-corrected chi connectivity index (χ0v) is 10.3. The molecule has 1 aromatic rings. The molecule has 0 aliphatic heterocycles. The molecule has 1 fully saturated rings. The Morgan fingerprint density at radius 2 is 1.84 bits per heavy atom. The maximum Gasteiger partial charge on any atom is 0.413 e. The number of rotatable bonds is 4. The second kappa shape index (κ2) is 5.07. The molecule has 0 atom stereocenters. The summed E-state index contributed by atoms with van der Waals surface area (Å²) in [6.45, 7) is 0. The standard InChI is InChI=1S/C14H13F3O2/c1-19-11-6-4-10(5-7-11)13(18)8-12(9-2-3-9)14(15,16)17/h4-9H,2-3H2,1H3/b12-8+. The highest BCUT2D eigenvalue weighted by atomic mass is 19.4. The molecule has 0 spiro atoms. The van der Waals surface area contributed by atoms with E-state index >= 15 is 0 Å². The van der Waals surface area contributed by atoms with Crippen LogP contribution in [0.1, 0.15) is 23.2 Å². The molecule has 0 saturated heterocycles. The van der Waals surface area contributed by atoms with Gasteiger partial charge in [0.2, 0.25) is 0 Å². The van der Waals surface area contributed by atoms with Crippen LogP contribution >= 0.6 is 0 Å². The lowest BCUT2D eigenvalue weighted by molar-refractivity contribution is -0.0955. The first-order valence-electron chi connectivity index (χ1n) is 5.89. The molecule has 1 aliphatic rings. The number of ether oxygens (including phenoxy) is 1. The smallest absolute Gasteiger partial charge is 0.413 e. The first-order chi connectivity index (χ1) is 8.91. The molecule has 5 heteroatoms. The van der Waals surface area contributed by atoms with Gasteiger partial charge in [0.25, 0.3) is 0 Å². The van der Waals surface area contributed by atoms with Gasteiger partial charge in [-0.2, -0.15) is 13.2 Å². The second-order valence-corrected chi connectivity index (χ2v) is 4.46. The van der Waals surface area contributed by atoms with E-state index in [1.807, 2.05) is 0 Å². The van der Waals surface area contributed by atoms with E-state index in [1.165, 1.54) is 19.2 Å². The summed E-state index contributed by atoms with van der Waals surface area (Å²) in [7, 11) is 1.48. The van der Waals surface area contributed by atoms with Crippen molar-refractivity contribution < 1.29 is 22.7 Å². The Balaban J connectivity index is 2.22. The van der Waals surface area contributed by atoms with Gasteiger partial charge in [0, 0.05) is 11.1 Å². The van der Waals surface area contributed by atoms with Gasteiger partial charge in [0.1, 0.15) is 5.75 Å². The van der Waals surface area contributed by atoms with Crippen LogP contribution in [0.2, 0.25) is 0 Å². The van der Waals surface area contributed by atoms with Gasteiger partial charge in [-0.3, -0.25) is 4.79 Å². The Morgan fingerprint density at radius 3 is 2.26 bits per heavy atom. The zero-order valence-electron chi connectivity index (χ0n) is 10.3. The number of benzene rings is 1. The zero-order chi connectivity index (χ0) is 14.0. The molecule has 0 aromatic heterocycles. The van der Waals surface area contributed by atoms with Gasteiger partial charge in [-0.05, 0) is 49.1 Å². The number of ketones is 1. The number of allylic oxidation sites excluding steroid dienone is 2. The van der Waals surface area contributed by atoms with Crippen LogP contribution in [0.5, 0.6) is 5.75 Å². The highest BCUT2D eigenvalue weighted by Gasteiger charge is 2.43. The average molecular weight is 270 g/mol. The lowest BCUT2D eigenvalue weighted by atomic mass is 10.0. The minimum absolute atomic E-state index is 0.225. The number of hydrogen-bond donors (Lipinski definition) is 0. The van der Waals surface area contributed by atoms with E-state index in [-0.39, 0.29) is 5.56 Å². The van der Waals surface area contributed by atoms with E-state index in [9.17, 15) is 18.0 Å². The normalized spacial score (nSPS) is 16.3. The molecule has 0 heterocycles. The highest BCUT2D eigenvalue weighted by Crippen LogP contribution is 2.44. The van der Waals surface area contributed by atoms with E-state index in [0.717, 1.165) is 6.08 Å². The summed E-state index contributed by atoms with van der Waals surface area (Å²) in [6.07, 6.45) is -2.70. The monoisotopic (exact) mass is 270 g/mol. The van der Waals surface area contributed by atoms with Crippen LogP contribution in [0, 0.1) is 5.92 Å². The van der Waals surface area contributed by atoms with E-state index in [2.05, 4.69) is 0 Å². The molecular formula is C14H13F3O2. The van der Waals surface area contributed by atoms with Crippen molar-refractivity contribution in [2.24, 2.45) is 5.92 Å². The summed E-state index contributed by atoms with van der Waals surface area (Å²) < 4.78 is 43.2. The molecule has 1 saturated carbocycles. The van der Waals surface area contributed by atoms with Gasteiger partial charge in [-0.1, -0.05) is 0 Å². The SMILES string of the molecule is COc1ccc(C(=O)/C=C(\C2CC2)C(F)(F)F)cc1. The number of halogens is 3. The molecule has 0 N–H and O–H groups in total. The molecule has 0 bridgehead atoms. The maximum atomic E-state index is 12.8. The largest absolute Gasteiger partial charge is 0.497 e. The number of carbonyl (C=O) groups excluding carboxylic acids is 1. The maximum absolute atomic E-state index is 12.8. The average Bonchev–Trinajstić information content (AvgIpc) is 3.18. The van der Waals surface area contributed by atoms with E-state index < -0.39 is 23.5 Å². The summed E-state index contributed by atoms with van der Waals surface area (Å²) in [5.74, 6) is -0.581. The van der Waals surface area contributed by atoms with Gasteiger partial charge in [0.05, 0.1) is 7.11 Å². The molecule has 19 heavy (non-hydrogen) atoms. The molecule has 1 aromatic carbocycles. The van der Waals surface area contributed by atoms with E-state index in [4.69, 9.17) is 4.74 Å². The summed E-state index contributed by atoms with van der Waals surface area (Å²) in [5, 5.41) is 0. The van der Waals surface area contributed by atoms with Gasteiger partial charge >= 0.3 is 6.18 Å². The van der Waals surface area contributed by atoms with Crippen LogP contribution in [-0.2, 0) is 0 Å². The van der Waals surface area contributed by atoms with Crippen molar-refractivity contribution in [2.75, 3.05) is 7.11 Å². The predicted octanol–water partition coefficient (Wildman–Crippen LogP) is 3.78. The molecule has 102 valence electrons. The quantitative estimate of drug-likeness (QED) is 0.615. The minimum atomic E-state index is -4.43. The molecule has 0 radical (unpaired) electrons. The summed E-state index contributed by atoms with van der Waals surface area (Å²) in [6, 6.07) is 6.01. The third kappa shape index (κ3) is 3.36. The van der Waals surface area contributed by atoms with Gasteiger partial charge in [0.15, 0.2) is 5.78 Å².